The number of nitrogens with one attached hydrogen (secondary N) is 1. The first kappa shape index (κ1) is 28.2. The zero-order chi connectivity index (χ0) is 27.2. The largest absolute Gasteiger partial charge is 0.481 e. The Bertz CT molecular complexity index is 1560. The Morgan fingerprint density at radius 2 is 1.84 bits per heavy atom. The summed E-state index contributed by atoms with van der Waals surface area (Å²) in [4.78, 5) is 30.4. The number of rotatable bonds is 9. The molecule has 7 nitrogen and oxygen atoms in total. The van der Waals surface area contributed by atoms with E-state index in [0.717, 1.165) is 34.1 Å². The highest BCUT2D eigenvalue weighted by atomic mass is 79.9. The predicted octanol–water partition coefficient (Wildman–Crippen LogP) is 7.23. The molecule has 0 unspecified atom stereocenters. The second kappa shape index (κ2) is 12.8. The molecule has 0 aliphatic carbocycles. The smallest absolute Gasteiger partial charge is 0.282 e. The highest BCUT2D eigenvalue weighted by Crippen LogP contribution is 2.34. The topological polar surface area (TPSA) is 85.6 Å². The summed E-state index contributed by atoms with van der Waals surface area (Å²) in [5, 5.41) is 7.85. The molecule has 196 valence electrons. The number of aryl methyl sites for hydroxylation is 2. The molecule has 0 aliphatic heterocycles. The summed E-state index contributed by atoms with van der Waals surface area (Å²) in [6, 6.07) is 16.6. The van der Waals surface area contributed by atoms with Crippen LogP contribution in [-0.4, -0.2) is 28.4 Å². The van der Waals surface area contributed by atoms with Crippen LogP contribution in [0.3, 0.4) is 0 Å². The number of hydrogen-bond acceptors (Lipinski definition) is 5. The zero-order valence-electron chi connectivity index (χ0n) is 20.8. The first-order valence-corrected chi connectivity index (χ1v) is 14.4. The van der Waals surface area contributed by atoms with E-state index < -0.39 is 0 Å². The van der Waals surface area contributed by atoms with Crippen molar-refractivity contribution in [2.75, 3.05) is 11.9 Å². The highest BCUT2D eigenvalue weighted by Gasteiger charge is 2.13. The monoisotopic (exact) mass is 702 g/mol. The van der Waals surface area contributed by atoms with Gasteiger partial charge in [0.05, 0.1) is 26.1 Å². The summed E-state index contributed by atoms with van der Waals surface area (Å²) in [5.41, 5.74) is 2.86. The van der Waals surface area contributed by atoms with E-state index >= 15 is 0 Å². The number of para-hydroxylation sites is 1. The molecule has 10 heteroatoms. The summed E-state index contributed by atoms with van der Waals surface area (Å²) < 4.78 is 9.22. The van der Waals surface area contributed by atoms with E-state index in [2.05, 4.69) is 65.1 Å². The molecule has 4 aromatic rings. The highest BCUT2D eigenvalue weighted by molar-refractivity contribution is 9.11. The van der Waals surface area contributed by atoms with E-state index in [1.54, 1.807) is 12.3 Å². The molecule has 3 aromatic carbocycles. The van der Waals surface area contributed by atoms with E-state index in [0.29, 0.717) is 37.8 Å². The summed E-state index contributed by atoms with van der Waals surface area (Å²) >= 11 is 10.5. The number of anilines is 1. The van der Waals surface area contributed by atoms with Gasteiger partial charge in [-0.05, 0) is 92.7 Å². The number of fused-ring (bicyclic) bond motifs is 1. The van der Waals surface area contributed by atoms with Crippen molar-refractivity contribution in [3.63, 3.8) is 0 Å². The summed E-state index contributed by atoms with van der Waals surface area (Å²) in [6.45, 7) is 3.86. The van der Waals surface area contributed by atoms with Crippen LogP contribution in [0.2, 0.25) is 0 Å². The normalized spacial score (nSPS) is 11.3. The minimum atomic E-state index is -0.266. The van der Waals surface area contributed by atoms with Gasteiger partial charge in [0.2, 0.25) is 0 Å². The quantitative estimate of drug-likeness (QED) is 0.186. The van der Waals surface area contributed by atoms with Gasteiger partial charge in [0, 0.05) is 16.6 Å². The van der Waals surface area contributed by atoms with Crippen molar-refractivity contribution < 1.29 is 9.53 Å². The van der Waals surface area contributed by atoms with E-state index in [-0.39, 0.29) is 18.1 Å². The lowest BCUT2D eigenvalue weighted by Crippen LogP contribution is -2.22. The number of carbonyl (C=O) groups excluding carboxylic acids is 1. The molecule has 0 fully saturated rings. The third-order valence-corrected chi connectivity index (χ3v) is 7.41. The maximum atomic E-state index is 13.3. The van der Waals surface area contributed by atoms with E-state index in [1.165, 1.54) is 4.68 Å². The second-order valence-corrected chi connectivity index (χ2v) is 11.2. The van der Waals surface area contributed by atoms with Crippen molar-refractivity contribution >= 4 is 76.5 Å². The van der Waals surface area contributed by atoms with Crippen LogP contribution in [0.15, 0.2) is 77.9 Å². The minimum absolute atomic E-state index is 0.159. The van der Waals surface area contributed by atoms with Crippen LogP contribution in [-0.2, 0) is 11.2 Å². The van der Waals surface area contributed by atoms with Gasteiger partial charge in [-0.1, -0.05) is 47.5 Å². The summed E-state index contributed by atoms with van der Waals surface area (Å²) in [6.07, 6.45) is 4.11. The summed E-state index contributed by atoms with van der Waals surface area (Å²) in [7, 11) is 0. The number of hydrogen-bond donors (Lipinski definition) is 1. The fraction of sp³-hybridized carbons (Fsp3) is 0.214. The number of nitrogens with zero attached hydrogens (tertiary/aromatic N) is 3. The van der Waals surface area contributed by atoms with Crippen molar-refractivity contribution in [3.8, 4) is 5.75 Å². The SMILES string of the molecule is CCCCc1nc2ccc(Br)cc2c(=O)n1N=Cc1cc(Br)c(OCC(=O)Nc2ccccc2C)c(Br)c1. The number of aromatic nitrogens is 2. The van der Waals surface area contributed by atoms with Crippen LogP contribution in [0.4, 0.5) is 5.69 Å². The Hall–Kier alpha value is -2.82. The van der Waals surface area contributed by atoms with Gasteiger partial charge in [0.15, 0.2) is 6.61 Å². The van der Waals surface area contributed by atoms with Gasteiger partial charge in [-0.2, -0.15) is 9.78 Å². The minimum Gasteiger partial charge on any atom is -0.481 e. The number of halogens is 3. The molecule has 0 radical (unpaired) electrons. The first-order valence-electron chi connectivity index (χ1n) is 12.0. The van der Waals surface area contributed by atoms with Gasteiger partial charge in [-0.15, -0.1) is 0 Å². The average molecular weight is 705 g/mol. The molecule has 1 N–H and O–H groups in total. The van der Waals surface area contributed by atoms with Crippen LogP contribution in [0.5, 0.6) is 5.75 Å². The third kappa shape index (κ3) is 6.78. The maximum Gasteiger partial charge on any atom is 0.282 e. The molecular formula is C28H25Br3N4O3. The van der Waals surface area contributed by atoms with E-state index in [9.17, 15) is 9.59 Å². The Labute approximate surface area is 245 Å². The molecule has 1 heterocycles. The van der Waals surface area contributed by atoms with Gasteiger partial charge in [0.1, 0.15) is 11.6 Å². The number of carbonyl (C=O) groups is 1. The fourth-order valence-corrected chi connectivity index (χ4v) is 5.58. The van der Waals surface area contributed by atoms with Crippen LogP contribution in [0, 0.1) is 6.92 Å². The number of ether oxygens (including phenoxy) is 1. The molecular weight excluding hydrogens is 680 g/mol. The molecule has 0 atom stereocenters. The Kier molecular flexibility index (Phi) is 9.51. The molecule has 4 rings (SSSR count). The fourth-order valence-electron chi connectivity index (χ4n) is 3.76. The number of amides is 1. The molecule has 0 saturated heterocycles. The molecule has 1 amide bonds. The predicted molar refractivity (Wildman–Crippen MR) is 162 cm³/mol. The molecule has 0 bridgehead atoms. The zero-order valence-corrected chi connectivity index (χ0v) is 25.6. The Morgan fingerprint density at radius 3 is 2.55 bits per heavy atom. The lowest BCUT2D eigenvalue weighted by atomic mass is 10.2. The standard InChI is InChI=1S/C28H25Br3N4O3/c1-3-4-9-25-33-24-11-10-19(29)14-20(24)28(37)35(25)32-15-18-12-21(30)27(22(31)13-18)38-16-26(36)34-23-8-6-5-7-17(23)2/h5-8,10-15H,3-4,9,16H2,1-2H3,(H,34,36). The average Bonchev–Trinajstić information content (AvgIpc) is 2.88. The lowest BCUT2D eigenvalue weighted by molar-refractivity contribution is -0.118. The van der Waals surface area contributed by atoms with E-state index in [4.69, 9.17) is 9.72 Å². The lowest BCUT2D eigenvalue weighted by Gasteiger charge is -2.12. The molecule has 38 heavy (non-hydrogen) atoms. The van der Waals surface area contributed by atoms with Gasteiger partial charge in [-0.3, -0.25) is 9.59 Å². The van der Waals surface area contributed by atoms with Gasteiger partial charge in [0.25, 0.3) is 11.5 Å². The van der Waals surface area contributed by atoms with Crippen LogP contribution in [0.1, 0.15) is 36.7 Å². The van der Waals surface area contributed by atoms with Crippen molar-refractivity contribution in [1.82, 2.24) is 9.66 Å². The van der Waals surface area contributed by atoms with Crippen LogP contribution >= 0.6 is 47.8 Å². The van der Waals surface area contributed by atoms with Crippen molar-refractivity contribution in [2.45, 2.75) is 33.1 Å². The first-order chi connectivity index (χ1) is 18.3. The maximum absolute atomic E-state index is 13.3. The molecule has 0 aliphatic rings. The van der Waals surface area contributed by atoms with Gasteiger partial charge < -0.3 is 10.1 Å². The third-order valence-electron chi connectivity index (χ3n) is 5.74. The number of benzene rings is 3. The molecule has 1 aromatic heterocycles. The van der Waals surface area contributed by atoms with Crippen molar-refractivity contribution in [1.29, 1.82) is 0 Å². The van der Waals surface area contributed by atoms with Crippen LogP contribution in [0.25, 0.3) is 10.9 Å². The second-order valence-electron chi connectivity index (χ2n) is 8.62. The van der Waals surface area contributed by atoms with Gasteiger partial charge in [-0.25, -0.2) is 4.98 Å². The van der Waals surface area contributed by atoms with Crippen molar-refractivity contribution in [3.05, 3.63) is 95.3 Å². The molecule has 0 saturated carbocycles. The summed E-state index contributed by atoms with van der Waals surface area (Å²) in [5.74, 6) is 0.832. The van der Waals surface area contributed by atoms with Gasteiger partial charge >= 0.3 is 0 Å². The molecule has 0 spiro atoms. The Balaban J connectivity index is 1.56. The number of unbranched alkanes of at least 4 members (excludes halogenated alkanes) is 1. The van der Waals surface area contributed by atoms with Crippen LogP contribution < -0.4 is 15.6 Å². The van der Waals surface area contributed by atoms with Crippen molar-refractivity contribution in [2.24, 2.45) is 5.10 Å². The Morgan fingerprint density at radius 1 is 1.11 bits per heavy atom. The van der Waals surface area contributed by atoms with E-state index in [1.807, 2.05) is 55.5 Å².